The van der Waals surface area contributed by atoms with Gasteiger partial charge in [-0.3, -0.25) is 9.69 Å². The number of hydrogen-bond acceptors (Lipinski definition) is 4. The number of carbonyl (C=O) groups excluding carboxylic acids is 1. The van der Waals surface area contributed by atoms with Gasteiger partial charge in [0.15, 0.2) is 0 Å². The number of carbonyl (C=O) groups is 1. The molecule has 2 aromatic carbocycles. The lowest BCUT2D eigenvalue weighted by molar-refractivity contribution is 0.0963. The summed E-state index contributed by atoms with van der Waals surface area (Å²) in [6.07, 6.45) is 2.46. The van der Waals surface area contributed by atoms with E-state index in [2.05, 4.69) is 21.6 Å². The quantitative estimate of drug-likeness (QED) is 0.681. The first-order valence-electron chi connectivity index (χ1n) is 10.9. The zero-order chi connectivity index (χ0) is 21.6. The monoisotopic (exact) mass is 437 g/mol. The third kappa shape index (κ3) is 3.79. The number of halogens is 1. The van der Waals surface area contributed by atoms with Crippen molar-refractivity contribution in [3.63, 3.8) is 0 Å². The highest BCUT2D eigenvalue weighted by molar-refractivity contribution is 6.57. The van der Waals surface area contributed by atoms with E-state index < -0.39 is 0 Å². The van der Waals surface area contributed by atoms with E-state index in [9.17, 15) is 9.18 Å². The lowest BCUT2D eigenvalue weighted by Crippen LogP contribution is -2.55. The SMILES string of the molecule is CNC(=O)c1ccc(OC2[Si][C@]2(CN2CCNCC23CC3)c2ccc(C)c(F)c2)cc1. The Balaban J connectivity index is 1.39. The highest BCUT2D eigenvalue weighted by Crippen LogP contribution is 2.49. The van der Waals surface area contributed by atoms with Crippen LogP contribution >= 0.6 is 0 Å². The van der Waals surface area contributed by atoms with E-state index in [1.165, 1.54) is 12.8 Å². The minimum absolute atomic E-state index is 0.0196. The van der Waals surface area contributed by atoms with Crippen molar-refractivity contribution in [2.24, 2.45) is 0 Å². The smallest absolute Gasteiger partial charge is 0.251 e. The van der Waals surface area contributed by atoms with Gasteiger partial charge < -0.3 is 15.4 Å². The number of piperazine rings is 1. The number of benzene rings is 2. The Morgan fingerprint density at radius 1 is 1.29 bits per heavy atom. The van der Waals surface area contributed by atoms with E-state index in [0.29, 0.717) is 20.6 Å². The Kier molecular flexibility index (Phi) is 5.15. The van der Waals surface area contributed by atoms with Crippen LogP contribution in [0.1, 0.15) is 34.3 Å². The Morgan fingerprint density at radius 3 is 2.74 bits per heavy atom. The zero-order valence-electron chi connectivity index (χ0n) is 18.0. The van der Waals surface area contributed by atoms with Crippen molar-refractivity contribution in [1.82, 2.24) is 15.5 Å². The van der Waals surface area contributed by atoms with Crippen molar-refractivity contribution in [2.45, 2.75) is 36.1 Å². The molecule has 2 radical (unpaired) electrons. The molecule has 7 heteroatoms. The fraction of sp³-hybridized carbons (Fsp3) is 0.458. The van der Waals surface area contributed by atoms with Gasteiger partial charge >= 0.3 is 0 Å². The number of ether oxygens (including phenoxy) is 1. The number of hydrogen-bond donors (Lipinski definition) is 2. The maximum Gasteiger partial charge on any atom is 0.251 e. The largest absolute Gasteiger partial charge is 0.494 e. The summed E-state index contributed by atoms with van der Waals surface area (Å²) < 4.78 is 20.9. The van der Waals surface area contributed by atoms with Crippen LogP contribution in [-0.4, -0.2) is 64.8 Å². The Bertz CT molecular complexity index is 995. The standard InChI is InChI=1S/C24H28FN3O2Si/c1-16-3-6-18(13-20(16)25)24(15-28-12-11-27-14-23(28)9-10-23)22(31-24)30-19-7-4-17(5-8-19)21(29)26-2/h3-8,13,22,27H,9-12,14-15H2,1-2H3,(H,26,29)/t22?,24-/m1/s1. The summed E-state index contributed by atoms with van der Waals surface area (Å²) in [5.41, 5.74) is 2.62. The van der Waals surface area contributed by atoms with E-state index in [1.54, 1.807) is 32.2 Å². The molecule has 31 heavy (non-hydrogen) atoms. The van der Waals surface area contributed by atoms with E-state index in [4.69, 9.17) is 4.74 Å². The van der Waals surface area contributed by atoms with Crippen LogP contribution in [0.15, 0.2) is 42.5 Å². The highest BCUT2D eigenvalue weighted by atomic mass is 28.2. The van der Waals surface area contributed by atoms with Gasteiger partial charge in [0.25, 0.3) is 5.91 Å². The molecule has 2 atom stereocenters. The van der Waals surface area contributed by atoms with Crippen molar-refractivity contribution in [2.75, 3.05) is 33.2 Å². The first-order chi connectivity index (χ1) is 15.0. The predicted octanol–water partition coefficient (Wildman–Crippen LogP) is 2.25. The molecule has 3 aliphatic rings. The summed E-state index contributed by atoms with van der Waals surface area (Å²) in [6.45, 7) is 5.76. The summed E-state index contributed by atoms with van der Waals surface area (Å²) in [5, 5.41) is 5.99. The topological polar surface area (TPSA) is 53.6 Å². The first-order valence-corrected chi connectivity index (χ1v) is 12.0. The lowest BCUT2D eigenvalue weighted by Gasteiger charge is -2.39. The maximum absolute atomic E-state index is 14.5. The Morgan fingerprint density at radius 2 is 2.06 bits per heavy atom. The molecule has 0 bridgehead atoms. The van der Waals surface area contributed by atoms with Gasteiger partial charge in [0, 0.05) is 49.4 Å². The molecule has 2 aliphatic heterocycles. The van der Waals surface area contributed by atoms with Crippen LogP contribution in [-0.2, 0) is 5.04 Å². The highest BCUT2D eigenvalue weighted by Gasteiger charge is 2.62. The molecule has 1 spiro atoms. The molecule has 1 aliphatic carbocycles. The molecular weight excluding hydrogens is 409 g/mol. The van der Waals surface area contributed by atoms with Gasteiger partial charge in [-0.1, -0.05) is 12.1 Å². The summed E-state index contributed by atoms with van der Waals surface area (Å²) >= 11 is 0. The number of amides is 1. The van der Waals surface area contributed by atoms with E-state index >= 15 is 0 Å². The third-order valence-electron chi connectivity index (χ3n) is 6.99. The normalized spacial score (nSPS) is 26.5. The molecule has 1 saturated carbocycles. The van der Waals surface area contributed by atoms with Crippen LogP contribution in [0.25, 0.3) is 0 Å². The second-order valence-electron chi connectivity index (χ2n) is 9.00. The molecule has 2 heterocycles. The van der Waals surface area contributed by atoms with E-state index in [0.717, 1.165) is 37.5 Å². The van der Waals surface area contributed by atoms with Crippen molar-refractivity contribution < 1.29 is 13.9 Å². The van der Waals surface area contributed by atoms with Gasteiger partial charge in [0.05, 0.1) is 5.73 Å². The number of rotatable bonds is 6. The predicted molar refractivity (Wildman–Crippen MR) is 119 cm³/mol. The van der Waals surface area contributed by atoms with E-state index in [1.807, 2.05) is 18.2 Å². The second kappa shape index (κ2) is 7.72. The molecular formula is C24H28FN3O2Si. The van der Waals surface area contributed by atoms with Crippen molar-refractivity contribution >= 4 is 15.4 Å². The van der Waals surface area contributed by atoms with Crippen molar-refractivity contribution in [3.8, 4) is 5.75 Å². The summed E-state index contributed by atoms with van der Waals surface area (Å²) in [4.78, 5) is 14.4. The van der Waals surface area contributed by atoms with E-state index in [-0.39, 0.29) is 28.0 Å². The van der Waals surface area contributed by atoms with Crippen LogP contribution in [0.4, 0.5) is 4.39 Å². The summed E-state index contributed by atoms with van der Waals surface area (Å²) in [7, 11) is 2.19. The first kappa shape index (κ1) is 20.7. The Hall–Kier alpha value is -2.22. The van der Waals surface area contributed by atoms with Gasteiger partial charge in [0.2, 0.25) is 0 Å². The minimum Gasteiger partial charge on any atom is -0.494 e. The number of aryl methyl sites for hydroxylation is 1. The molecule has 2 aromatic rings. The second-order valence-corrected chi connectivity index (χ2v) is 10.7. The summed E-state index contributed by atoms with van der Waals surface area (Å²) in [5.74, 6) is 0.488. The minimum atomic E-state index is -0.180. The zero-order valence-corrected chi connectivity index (χ0v) is 19.0. The van der Waals surface area contributed by atoms with Crippen molar-refractivity contribution in [1.29, 1.82) is 0 Å². The average Bonchev–Trinajstić information content (AvgIpc) is 3.70. The van der Waals surface area contributed by atoms with Crippen LogP contribution < -0.4 is 15.4 Å². The molecule has 1 unspecified atom stereocenters. The molecule has 2 saturated heterocycles. The fourth-order valence-corrected chi connectivity index (χ4v) is 6.18. The van der Waals surface area contributed by atoms with Gasteiger partial charge in [-0.15, -0.1) is 0 Å². The average molecular weight is 438 g/mol. The van der Waals surface area contributed by atoms with Gasteiger partial charge in [0.1, 0.15) is 21.1 Å². The molecule has 162 valence electrons. The molecule has 5 nitrogen and oxygen atoms in total. The molecule has 1 amide bonds. The fourth-order valence-electron chi connectivity index (χ4n) is 4.68. The number of nitrogens with zero attached hydrogens (tertiary/aromatic N) is 1. The van der Waals surface area contributed by atoms with Crippen LogP contribution in [0.3, 0.4) is 0 Å². The van der Waals surface area contributed by atoms with Crippen LogP contribution in [0.5, 0.6) is 5.75 Å². The Labute approximate surface area is 185 Å². The van der Waals surface area contributed by atoms with Crippen LogP contribution in [0.2, 0.25) is 0 Å². The third-order valence-corrected chi connectivity index (χ3v) is 8.77. The van der Waals surface area contributed by atoms with Crippen LogP contribution in [0, 0.1) is 12.7 Å². The maximum atomic E-state index is 14.5. The van der Waals surface area contributed by atoms with Gasteiger partial charge in [-0.05, 0) is 61.2 Å². The van der Waals surface area contributed by atoms with Crippen molar-refractivity contribution in [3.05, 3.63) is 65.0 Å². The molecule has 5 rings (SSSR count). The van der Waals surface area contributed by atoms with Gasteiger partial charge in [-0.25, -0.2) is 4.39 Å². The lowest BCUT2D eigenvalue weighted by atomic mass is 9.96. The molecule has 0 aromatic heterocycles. The van der Waals surface area contributed by atoms with Gasteiger partial charge in [-0.2, -0.15) is 0 Å². The summed E-state index contributed by atoms with van der Waals surface area (Å²) in [6, 6.07) is 12.9. The number of nitrogens with one attached hydrogen (secondary N) is 2. The molecule has 3 fully saturated rings. The molecule has 2 N–H and O–H groups in total.